The first-order chi connectivity index (χ1) is 13.3. The molecule has 2 aromatic rings. The maximum Gasteiger partial charge on any atom is 0.243 e. The molecule has 0 spiro atoms. The molecule has 0 radical (unpaired) electrons. The first-order valence-corrected chi connectivity index (χ1v) is 10.4. The smallest absolute Gasteiger partial charge is 0.243 e. The summed E-state index contributed by atoms with van der Waals surface area (Å²) in [5.41, 5.74) is 1.18. The molecule has 2 aromatic carbocycles. The summed E-state index contributed by atoms with van der Waals surface area (Å²) in [6.45, 7) is 4.34. The molecule has 2 rings (SSSR count). The Balaban J connectivity index is 2.15. The van der Waals surface area contributed by atoms with E-state index in [1.807, 2.05) is 0 Å². The molecule has 0 aliphatic carbocycles. The van der Waals surface area contributed by atoms with Crippen LogP contribution in [0.1, 0.15) is 19.4 Å². The zero-order valence-corrected chi connectivity index (χ0v) is 17.4. The number of rotatable bonds is 9. The SMILES string of the molecule is CCN(CC)S(=O)(=O)c1cccc(NC(=O)Cc2ccc(OC)c(OC)c2)c1. The third-order valence-corrected chi connectivity index (χ3v) is 6.32. The molecule has 8 heteroatoms. The van der Waals surface area contributed by atoms with Crippen molar-refractivity contribution in [3.05, 3.63) is 48.0 Å². The van der Waals surface area contributed by atoms with E-state index in [2.05, 4.69) is 5.32 Å². The third kappa shape index (κ3) is 5.02. The number of methoxy groups -OCH3 is 2. The predicted octanol–water partition coefficient (Wildman–Crippen LogP) is 2.92. The fraction of sp³-hybridized carbons (Fsp3) is 0.350. The van der Waals surface area contributed by atoms with Crippen molar-refractivity contribution >= 4 is 21.6 Å². The molecule has 0 saturated carbocycles. The quantitative estimate of drug-likeness (QED) is 0.692. The summed E-state index contributed by atoms with van der Waals surface area (Å²) in [5.74, 6) is 0.866. The van der Waals surface area contributed by atoms with Crippen molar-refractivity contribution in [3.63, 3.8) is 0 Å². The number of ether oxygens (including phenoxy) is 2. The Labute approximate surface area is 166 Å². The van der Waals surface area contributed by atoms with Crippen LogP contribution >= 0.6 is 0 Å². The van der Waals surface area contributed by atoms with E-state index < -0.39 is 10.0 Å². The number of amides is 1. The molecule has 0 bridgehead atoms. The zero-order valence-electron chi connectivity index (χ0n) is 16.6. The second-order valence-corrected chi connectivity index (χ2v) is 7.97. The van der Waals surface area contributed by atoms with Gasteiger partial charge in [-0.3, -0.25) is 4.79 Å². The van der Waals surface area contributed by atoms with Crippen LogP contribution < -0.4 is 14.8 Å². The Kier molecular flexibility index (Phi) is 7.42. The molecule has 7 nitrogen and oxygen atoms in total. The van der Waals surface area contributed by atoms with Crippen molar-refractivity contribution in [2.24, 2.45) is 0 Å². The molecule has 0 saturated heterocycles. The first-order valence-electron chi connectivity index (χ1n) is 8.96. The fourth-order valence-electron chi connectivity index (χ4n) is 2.83. The van der Waals surface area contributed by atoms with Gasteiger partial charge in [0.25, 0.3) is 0 Å². The van der Waals surface area contributed by atoms with Gasteiger partial charge in [0.1, 0.15) is 0 Å². The topological polar surface area (TPSA) is 84.9 Å². The molecular weight excluding hydrogens is 380 g/mol. The Morgan fingerprint density at radius 2 is 1.68 bits per heavy atom. The average molecular weight is 407 g/mol. The molecule has 0 aliphatic heterocycles. The van der Waals surface area contributed by atoms with Crippen molar-refractivity contribution < 1.29 is 22.7 Å². The van der Waals surface area contributed by atoms with Gasteiger partial charge in [0.15, 0.2) is 11.5 Å². The van der Waals surface area contributed by atoms with Gasteiger partial charge in [-0.05, 0) is 35.9 Å². The summed E-state index contributed by atoms with van der Waals surface area (Å²) in [5, 5.41) is 2.75. The van der Waals surface area contributed by atoms with Gasteiger partial charge in [0.05, 0.1) is 25.5 Å². The van der Waals surface area contributed by atoms with E-state index in [0.29, 0.717) is 30.3 Å². The second-order valence-electron chi connectivity index (χ2n) is 6.03. The van der Waals surface area contributed by atoms with Crippen LogP contribution in [-0.2, 0) is 21.2 Å². The van der Waals surface area contributed by atoms with Crippen LogP contribution in [0, 0.1) is 0 Å². The van der Waals surface area contributed by atoms with Gasteiger partial charge in [-0.2, -0.15) is 4.31 Å². The van der Waals surface area contributed by atoms with Crippen molar-refractivity contribution in [1.82, 2.24) is 4.31 Å². The van der Waals surface area contributed by atoms with Gasteiger partial charge < -0.3 is 14.8 Å². The van der Waals surface area contributed by atoms with Crippen LogP contribution in [0.2, 0.25) is 0 Å². The van der Waals surface area contributed by atoms with Gasteiger partial charge in [-0.15, -0.1) is 0 Å². The number of carbonyl (C=O) groups is 1. The molecule has 0 fully saturated rings. The van der Waals surface area contributed by atoms with Crippen LogP contribution in [0.5, 0.6) is 11.5 Å². The number of benzene rings is 2. The highest BCUT2D eigenvalue weighted by Crippen LogP contribution is 2.28. The lowest BCUT2D eigenvalue weighted by Crippen LogP contribution is -2.30. The minimum Gasteiger partial charge on any atom is -0.493 e. The number of sulfonamides is 1. The summed E-state index contributed by atoms with van der Waals surface area (Å²) in [6.07, 6.45) is 0.118. The third-order valence-electron chi connectivity index (χ3n) is 4.27. The number of hydrogen-bond acceptors (Lipinski definition) is 5. The van der Waals surface area contributed by atoms with E-state index in [4.69, 9.17) is 9.47 Å². The zero-order chi connectivity index (χ0) is 20.7. The molecule has 1 amide bonds. The van der Waals surface area contributed by atoms with E-state index in [1.54, 1.807) is 51.3 Å². The summed E-state index contributed by atoms with van der Waals surface area (Å²) >= 11 is 0. The normalized spacial score (nSPS) is 11.3. The Bertz CT molecular complexity index is 924. The fourth-order valence-corrected chi connectivity index (χ4v) is 4.33. The maximum absolute atomic E-state index is 12.6. The van der Waals surface area contributed by atoms with Crippen LogP contribution in [0.25, 0.3) is 0 Å². The largest absolute Gasteiger partial charge is 0.493 e. The number of anilines is 1. The van der Waals surface area contributed by atoms with E-state index >= 15 is 0 Å². The van der Waals surface area contributed by atoms with E-state index in [0.717, 1.165) is 5.56 Å². The number of carbonyl (C=O) groups excluding carboxylic acids is 1. The lowest BCUT2D eigenvalue weighted by Gasteiger charge is -2.18. The van der Waals surface area contributed by atoms with Gasteiger partial charge in [-0.1, -0.05) is 26.0 Å². The maximum atomic E-state index is 12.6. The summed E-state index contributed by atoms with van der Waals surface area (Å²) in [7, 11) is -0.507. The van der Waals surface area contributed by atoms with Crippen molar-refractivity contribution in [2.45, 2.75) is 25.2 Å². The summed E-state index contributed by atoms with van der Waals surface area (Å²) < 4.78 is 37.1. The summed E-state index contributed by atoms with van der Waals surface area (Å²) in [6, 6.07) is 11.5. The highest BCUT2D eigenvalue weighted by Gasteiger charge is 2.21. The predicted molar refractivity (Wildman–Crippen MR) is 108 cm³/mol. The highest BCUT2D eigenvalue weighted by molar-refractivity contribution is 7.89. The van der Waals surface area contributed by atoms with Crippen molar-refractivity contribution in [1.29, 1.82) is 0 Å². The Hall–Kier alpha value is -2.58. The van der Waals surface area contributed by atoms with Gasteiger partial charge >= 0.3 is 0 Å². The highest BCUT2D eigenvalue weighted by atomic mass is 32.2. The minimum absolute atomic E-state index is 0.118. The molecule has 152 valence electrons. The van der Waals surface area contributed by atoms with Crippen molar-refractivity contribution in [3.8, 4) is 11.5 Å². The van der Waals surface area contributed by atoms with Crippen LogP contribution in [-0.4, -0.2) is 45.9 Å². The minimum atomic E-state index is -3.58. The second kappa shape index (κ2) is 9.57. The van der Waals surface area contributed by atoms with Crippen LogP contribution in [0.15, 0.2) is 47.4 Å². The van der Waals surface area contributed by atoms with E-state index in [-0.39, 0.29) is 17.2 Å². The first kappa shape index (κ1) is 21.7. The lowest BCUT2D eigenvalue weighted by atomic mass is 10.1. The van der Waals surface area contributed by atoms with Crippen LogP contribution in [0.3, 0.4) is 0 Å². The monoisotopic (exact) mass is 406 g/mol. The lowest BCUT2D eigenvalue weighted by molar-refractivity contribution is -0.115. The molecular formula is C20H26N2O5S. The number of nitrogens with zero attached hydrogens (tertiary/aromatic N) is 1. The molecule has 1 N–H and O–H groups in total. The average Bonchev–Trinajstić information content (AvgIpc) is 2.68. The Morgan fingerprint density at radius 3 is 2.29 bits per heavy atom. The number of nitrogens with one attached hydrogen (secondary N) is 1. The van der Waals surface area contributed by atoms with Gasteiger partial charge in [0.2, 0.25) is 15.9 Å². The van der Waals surface area contributed by atoms with Crippen molar-refractivity contribution in [2.75, 3.05) is 32.6 Å². The number of hydrogen-bond donors (Lipinski definition) is 1. The van der Waals surface area contributed by atoms with Gasteiger partial charge in [-0.25, -0.2) is 8.42 Å². The van der Waals surface area contributed by atoms with E-state index in [9.17, 15) is 13.2 Å². The molecule has 0 aliphatic rings. The van der Waals surface area contributed by atoms with Crippen LogP contribution in [0.4, 0.5) is 5.69 Å². The molecule has 0 atom stereocenters. The molecule has 0 unspecified atom stereocenters. The Morgan fingerprint density at radius 1 is 1.00 bits per heavy atom. The molecule has 0 heterocycles. The standard InChI is InChI=1S/C20H26N2O5S/c1-5-22(6-2)28(24,25)17-9-7-8-16(14-17)21-20(23)13-15-10-11-18(26-3)19(12-15)27-4/h7-12,14H,5-6,13H2,1-4H3,(H,21,23). The summed E-state index contributed by atoms with van der Waals surface area (Å²) in [4.78, 5) is 12.6. The molecule has 28 heavy (non-hydrogen) atoms. The molecule has 0 aromatic heterocycles. The van der Waals surface area contributed by atoms with Gasteiger partial charge in [0, 0.05) is 18.8 Å². The van der Waals surface area contributed by atoms with E-state index in [1.165, 1.54) is 23.5 Å².